The van der Waals surface area contributed by atoms with Gasteiger partial charge in [0.15, 0.2) is 17.3 Å². The molecular formula is C23H28N2O3S. The molecule has 1 aliphatic carbocycles. The molecule has 0 saturated heterocycles. The lowest BCUT2D eigenvalue weighted by Crippen LogP contribution is -2.31. The molecule has 0 unspecified atom stereocenters. The number of rotatable bonds is 8. The quantitative estimate of drug-likeness (QED) is 0.575. The molecule has 1 aromatic carbocycles. The summed E-state index contributed by atoms with van der Waals surface area (Å²) in [6.07, 6.45) is 6.84. The van der Waals surface area contributed by atoms with E-state index in [1.165, 1.54) is 26.4 Å². The van der Waals surface area contributed by atoms with Gasteiger partial charge in [-0.15, -0.1) is 11.8 Å². The fourth-order valence-corrected chi connectivity index (χ4v) is 5.01. The number of phenolic OH excluding ortho intramolecular Hbond substituents is 1. The summed E-state index contributed by atoms with van der Waals surface area (Å²) in [5.74, 6) is 1.00. The van der Waals surface area contributed by atoms with Gasteiger partial charge in [-0.05, 0) is 42.7 Å². The zero-order chi connectivity index (χ0) is 20.8. The van der Waals surface area contributed by atoms with Crippen molar-refractivity contribution in [2.24, 2.45) is 0 Å². The Bertz CT molecular complexity index is 883. The summed E-state index contributed by atoms with van der Waals surface area (Å²) in [6.45, 7) is 2.19. The van der Waals surface area contributed by atoms with Crippen molar-refractivity contribution in [3.8, 4) is 17.6 Å². The van der Waals surface area contributed by atoms with Gasteiger partial charge in [-0.1, -0.05) is 32.3 Å². The zero-order valence-corrected chi connectivity index (χ0v) is 17.9. The fourth-order valence-electron chi connectivity index (χ4n) is 3.95. The molecule has 1 aliphatic heterocycles. The van der Waals surface area contributed by atoms with Crippen molar-refractivity contribution in [1.82, 2.24) is 5.32 Å². The molecule has 0 spiro atoms. The van der Waals surface area contributed by atoms with E-state index < -0.39 is 5.92 Å². The maximum Gasteiger partial charge on any atom is 0.161 e. The Hall–Kier alpha value is -2.39. The van der Waals surface area contributed by atoms with E-state index in [0.29, 0.717) is 23.3 Å². The molecule has 5 nitrogen and oxygen atoms in total. The lowest BCUT2D eigenvalue weighted by Gasteiger charge is -2.33. The number of ketones is 1. The highest BCUT2D eigenvalue weighted by Gasteiger charge is 2.37. The summed E-state index contributed by atoms with van der Waals surface area (Å²) in [6, 6.07) is 7.45. The van der Waals surface area contributed by atoms with Gasteiger partial charge in [0.1, 0.15) is 0 Å². The number of Topliss-reactive ketones (excluding diaryl/α,β-unsaturated/α-hetero) is 1. The Morgan fingerprint density at radius 1 is 1.31 bits per heavy atom. The maximum atomic E-state index is 12.8. The number of methoxy groups -OCH3 is 1. The molecule has 0 fully saturated rings. The molecule has 29 heavy (non-hydrogen) atoms. The molecule has 2 N–H and O–H groups in total. The lowest BCUT2D eigenvalue weighted by atomic mass is 9.77. The van der Waals surface area contributed by atoms with E-state index in [2.05, 4.69) is 18.3 Å². The number of unbranched alkanes of at least 4 members (excludes halogenated alkanes) is 3. The van der Waals surface area contributed by atoms with Gasteiger partial charge in [0.05, 0.1) is 29.7 Å². The van der Waals surface area contributed by atoms with Crippen molar-refractivity contribution in [2.75, 3.05) is 12.9 Å². The van der Waals surface area contributed by atoms with E-state index in [4.69, 9.17) is 4.74 Å². The molecule has 1 aromatic rings. The number of nitrogens with one attached hydrogen (secondary N) is 1. The minimum Gasteiger partial charge on any atom is -0.504 e. The Kier molecular flexibility index (Phi) is 7.27. The molecule has 3 rings (SSSR count). The van der Waals surface area contributed by atoms with E-state index in [-0.39, 0.29) is 11.5 Å². The first-order valence-electron chi connectivity index (χ1n) is 10.3. The van der Waals surface area contributed by atoms with Gasteiger partial charge < -0.3 is 15.2 Å². The monoisotopic (exact) mass is 412 g/mol. The number of benzene rings is 1. The molecule has 6 heteroatoms. The van der Waals surface area contributed by atoms with Gasteiger partial charge >= 0.3 is 0 Å². The standard InChI is InChI=1S/C23H28N2O3S/c1-3-4-5-6-12-29-23-16(14-24)21(15-10-11-18(26)20(13-15)28-2)22-17(25-23)8-7-9-19(22)27/h10-11,13,21,25-26H,3-9,12H2,1-2H3/t21-/m0/s1. The Morgan fingerprint density at radius 2 is 2.14 bits per heavy atom. The van der Waals surface area contributed by atoms with Crippen LogP contribution in [0, 0.1) is 11.3 Å². The second-order valence-electron chi connectivity index (χ2n) is 7.42. The third-order valence-electron chi connectivity index (χ3n) is 5.44. The van der Waals surface area contributed by atoms with Crippen LogP contribution in [0.5, 0.6) is 11.5 Å². The number of allylic oxidation sites excluding steroid dienone is 3. The van der Waals surface area contributed by atoms with Gasteiger partial charge in [0.25, 0.3) is 0 Å². The highest BCUT2D eigenvalue weighted by atomic mass is 32.2. The number of thioether (sulfide) groups is 1. The normalized spacial score (nSPS) is 18.9. The number of aromatic hydroxyl groups is 1. The van der Waals surface area contributed by atoms with Crippen LogP contribution in [0.4, 0.5) is 0 Å². The van der Waals surface area contributed by atoms with Crippen LogP contribution in [0.25, 0.3) is 0 Å². The summed E-state index contributed by atoms with van der Waals surface area (Å²) >= 11 is 1.67. The van der Waals surface area contributed by atoms with E-state index in [1.807, 2.05) is 0 Å². The van der Waals surface area contributed by atoms with Gasteiger partial charge in [-0.3, -0.25) is 4.79 Å². The first-order chi connectivity index (χ1) is 14.1. The van der Waals surface area contributed by atoms with E-state index >= 15 is 0 Å². The predicted molar refractivity (Wildman–Crippen MR) is 116 cm³/mol. The Labute approximate surface area is 176 Å². The van der Waals surface area contributed by atoms with Crippen molar-refractivity contribution in [3.63, 3.8) is 0 Å². The molecule has 1 heterocycles. The largest absolute Gasteiger partial charge is 0.504 e. The number of phenols is 1. The predicted octanol–water partition coefficient (Wildman–Crippen LogP) is 5.14. The van der Waals surface area contributed by atoms with Crippen LogP contribution in [-0.2, 0) is 4.79 Å². The molecular weight excluding hydrogens is 384 g/mol. The van der Waals surface area contributed by atoms with Crippen LogP contribution in [-0.4, -0.2) is 23.8 Å². The van der Waals surface area contributed by atoms with Crippen LogP contribution in [0.3, 0.4) is 0 Å². The van der Waals surface area contributed by atoms with Crippen molar-refractivity contribution >= 4 is 17.5 Å². The smallest absolute Gasteiger partial charge is 0.161 e. The number of dihydropyridines is 1. The topological polar surface area (TPSA) is 82.3 Å². The van der Waals surface area contributed by atoms with Crippen LogP contribution in [0.2, 0.25) is 0 Å². The molecule has 2 aliphatic rings. The molecule has 0 aromatic heterocycles. The number of hydrogen-bond donors (Lipinski definition) is 2. The zero-order valence-electron chi connectivity index (χ0n) is 17.1. The minimum atomic E-state index is -0.420. The maximum absolute atomic E-state index is 12.8. The second-order valence-corrected chi connectivity index (χ2v) is 8.53. The number of ether oxygens (including phenoxy) is 1. The first kappa shape index (κ1) is 21.3. The van der Waals surface area contributed by atoms with E-state index in [1.54, 1.807) is 30.0 Å². The second kappa shape index (κ2) is 9.89. The molecule has 0 amide bonds. The summed E-state index contributed by atoms with van der Waals surface area (Å²) in [4.78, 5) is 12.8. The fraction of sp³-hybridized carbons (Fsp3) is 0.478. The number of nitrogens with zero attached hydrogens (tertiary/aromatic N) is 1. The summed E-state index contributed by atoms with van der Waals surface area (Å²) < 4.78 is 5.27. The average molecular weight is 413 g/mol. The number of nitriles is 1. The third-order valence-corrected chi connectivity index (χ3v) is 6.55. The van der Waals surface area contributed by atoms with Crippen LogP contribution in [0.15, 0.2) is 40.1 Å². The van der Waals surface area contributed by atoms with E-state index in [0.717, 1.165) is 41.3 Å². The number of carbonyl (C=O) groups is 1. The highest BCUT2D eigenvalue weighted by molar-refractivity contribution is 8.03. The van der Waals surface area contributed by atoms with Gasteiger partial charge in [-0.25, -0.2) is 0 Å². The van der Waals surface area contributed by atoms with Crippen molar-refractivity contribution < 1.29 is 14.6 Å². The molecule has 154 valence electrons. The number of hydrogen-bond acceptors (Lipinski definition) is 6. The first-order valence-corrected chi connectivity index (χ1v) is 11.3. The molecule has 0 radical (unpaired) electrons. The highest BCUT2D eigenvalue weighted by Crippen LogP contribution is 2.45. The van der Waals surface area contributed by atoms with Crippen molar-refractivity contribution in [3.05, 3.63) is 45.6 Å². The molecule has 0 saturated carbocycles. The molecule has 0 bridgehead atoms. The van der Waals surface area contributed by atoms with Gasteiger partial charge in [-0.2, -0.15) is 5.26 Å². The average Bonchev–Trinajstić information content (AvgIpc) is 2.73. The summed E-state index contributed by atoms with van der Waals surface area (Å²) in [5.41, 5.74) is 3.00. The lowest BCUT2D eigenvalue weighted by molar-refractivity contribution is -0.116. The van der Waals surface area contributed by atoms with Crippen LogP contribution in [0.1, 0.15) is 63.4 Å². The van der Waals surface area contributed by atoms with Crippen molar-refractivity contribution in [2.45, 2.75) is 57.8 Å². The molecule has 1 atom stereocenters. The third kappa shape index (κ3) is 4.62. The Morgan fingerprint density at radius 3 is 2.86 bits per heavy atom. The Balaban J connectivity index is 1.99. The van der Waals surface area contributed by atoms with Crippen LogP contribution < -0.4 is 10.1 Å². The summed E-state index contributed by atoms with van der Waals surface area (Å²) in [7, 11) is 1.50. The van der Waals surface area contributed by atoms with Crippen LogP contribution >= 0.6 is 11.8 Å². The van der Waals surface area contributed by atoms with Gasteiger partial charge in [0, 0.05) is 17.7 Å². The van der Waals surface area contributed by atoms with Gasteiger partial charge in [0.2, 0.25) is 0 Å². The number of carbonyl (C=O) groups excluding carboxylic acids is 1. The minimum absolute atomic E-state index is 0.0439. The van der Waals surface area contributed by atoms with Crippen molar-refractivity contribution in [1.29, 1.82) is 5.26 Å². The summed E-state index contributed by atoms with van der Waals surface area (Å²) in [5, 5.41) is 24.3. The SMILES string of the molecule is CCCCCCSC1=C(C#N)[C@H](c2ccc(O)c(OC)c2)C2=C(CCCC2=O)N1. The van der Waals surface area contributed by atoms with E-state index in [9.17, 15) is 15.2 Å².